The number of aromatic carboxylic acids is 1. The number of carboxylic acids is 1. The fraction of sp³-hybridized carbons (Fsp3) is 0.0714. The maximum absolute atomic E-state index is 12.7. The normalized spacial score (nSPS) is 14.2. The van der Waals surface area contributed by atoms with E-state index in [1.165, 1.54) is 12.1 Å². The third-order valence-electron chi connectivity index (χ3n) is 11.2. The molecule has 0 saturated heterocycles. The van der Waals surface area contributed by atoms with Crippen LogP contribution >= 0.6 is 23.2 Å². The monoisotopic (exact) mass is 986 g/mol. The Kier molecular flexibility index (Phi) is 15.5. The number of furan rings is 2. The number of benzene rings is 6. The number of amides is 3. The van der Waals surface area contributed by atoms with Crippen LogP contribution < -0.4 is 21.7 Å². The molecule has 2 aliphatic heterocycles. The first-order valence-corrected chi connectivity index (χ1v) is 22.8. The number of carboxylic acid groups (broad SMARTS) is 1. The van der Waals surface area contributed by atoms with E-state index >= 15 is 0 Å². The molecule has 10 rings (SSSR count). The van der Waals surface area contributed by atoms with Gasteiger partial charge in [0.05, 0.1) is 28.9 Å². The number of aliphatic hydroxyl groups excluding tert-OH is 2. The Bertz CT molecular complexity index is 3310. The molecular formula is C56H44Cl2N4O9. The summed E-state index contributed by atoms with van der Waals surface area (Å²) >= 11 is 12.1. The number of aliphatic hydroxyl groups is 2. The minimum absolute atomic E-state index is 0.0963. The van der Waals surface area contributed by atoms with Crippen LogP contribution in [-0.2, 0) is 9.59 Å². The zero-order valence-electron chi connectivity index (χ0n) is 37.5. The molecule has 0 radical (unpaired) electrons. The summed E-state index contributed by atoms with van der Waals surface area (Å²) in [5, 5.41) is 38.0. The van der Waals surface area contributed by atoms with Gasteiger partial charge in [0, 0.05) is 62.3 Å². The van der Waals surface area contributed by atoms with Gasteiger partial charge in [-0.2, -0.15) is 0 Å². The van der Waals surface area contributed by atoms with Crippen molar-refractivity contribution < 1.29 is 43.3 Å². The van der Waals surface area contributed by atoms with Crippen LogP contribution in [0.4, 0.5) is 11.4 Å². The molecule has 8 aromatic rings. The molecule has 71 heavy (non-hydrogen) atoms. The van der Waals surface area contributed by atoms with E-state index in [0.717, 1.165) is 16.7 Å². The summed E-state index contributed by atoms with van der Waals surface area (Å²) in [6, 6.07) is 49.5. The summed E-state index contributed by atoms with van der Waals surface area (Å²) in [5.74, 6) is 0.302. The molecule has 2 aliphatic rings. The molecule has 0 saturated carbocycles. The number of carbonyl (C=O) groups excluding carboxylic acids is 3. The van der Waals surface area contributed by atoms with Crippen molar-refractivity contribution in [1.82, 2.24) is 5.32 Å². The lowest BCUT2D eigenvalue weighted by Gasteiger charge is -2.12. The molecule has 15 heteroatoms. The van der Waals surface area contributed by atoms with Crippen LogP contribution in [0, 0.1) is 0 Å². The Morgan fingerprint density at radius 3 is 1.52 bits per heavy atom. The van der Waals surface area contributed by atoms with E-state index in [0.29, 0.717) is 77.9 Å². The zero-order valence-corrected chi connectivity index (χ0v) is 39.0. The molecule has 0 fully saturated rings. The first kappa shape index (κ1) is 49.1. The number of nitrogens with two attached hydrogens (primary N) is 1. The van der Waals surface area contributed by atoms with Gasteiger partial charge in [-0.1, -0.05) is 108 Å². The number of hydrogen-bond donors (Lipinski definition) is 7. The van der Waals surface area contributed by atoms with E-state index in [1.54, 1.807) is 103 Å². The number of carbonyl (C=O) groups is 4. The van der Waals surface area contributed by atoms with Gasteiger partial charge in [0.15, 0.2) is 0 Å². The second-order valence-electron chi connectivity index (χ2n) is 16.1. The molecule has 2 unspecified atom stereocenters. The molecule has 0 bridgehead atoms. The highest BCUT2D eigenvalue weighted by Gasteiger charge is 2.26. The molecule has 2 aromatic heterocycles. The van der Waals surface area contributed by atoms with Gasteiger partial charge >= 0.3 is 5.97 Å². The highest BCUT2D eigenvalue weighted by Crippen LogP contribution is 2.37. The standard InChI is InChI=1S/C28H21ClN2O4.C20H12ClNO4.C8H11NO/c29-20-9-11-24-22(14-20)23(28(34)31-24)15-21-10-12-26(35-21)18-7-4-8-19(13-18)27(33)30-16-25(32)17-5-2-1-3-6-17;21-13-4-6-17-15(9-13)16(19(23)22-17)10-14-5-7-18(26-14)11-2-1-3-12(8-11)20(24)25;9-6-8(10)7-4-2-1-3-5-7/h1-15,25,32H,16H2,(H,30,33)(H,31,34);1-10H,(H,22,23)(H,24,25);1-5,8,10H,6,9H2/b23-15+;16-10+;. The van der Waals surface area contributed by atoms with E-state index in [4.69, 9.17) is 42.9 Å². The third-order valence-corrected chi connectivity index (χ3v) is 11.7. The Balaban J connectivity index is 0.000000164. The summed E-state index contributed by atoms with van der Waals surface area (Å²) in [6.07, 6.45) is 2.00. The molecule has 3 amide bonds. The molecule has 6 aromatic carbocycles. The maximum atomic E-state index is 12.7. The SMILES string of the molecule is NCC(O)c1ccccc1.O=C1Nc2ccc(Cl)cc2/C1=C\c1ccc(-c2cccc(C(=O)NCC(O)c3ccccc3)c2)o1.O=C1Nc2ccc(Cl)cc2/C1=C\c1ccc(-c2cccc(C(=O)O)c2)o1. The van der Waals surface area contributed by atoms with Gasteiger partial charge in [-0.3, -0.25) is 14.4 Å². The van der Waals surface area contributed by atoms with Crippen LogP contribution in [0.1, 0.15) is 66.7 Å². The van der Waals surface area contributed by atoms with Crippen molar-refractivity contribution in [2.24, 2.45) is 5.73 Å². The van der Waals surface area contributed by atoms with E-state index in [-0.39, 0.29) is 36.4 Å². The number of halogens is 2. The molecule has 8 N–H and O–H groups in total. The van der Waals surface area contributed by atoms with Gasteiger partial charge in [0.1, 0.15) is 23.0 Å². The van der Waals surface area contributed by atoms with E-state index in [1.807, 2.05) is 66.7 Å². The molecule has 0 aliphatic carbocycles. The van der Waals surface area contributed by atoms with Crippen LogP contribution in [0.25, 0.3) is 45.9 Å². The predicted molar refractivity (Wildman–Crippen MR) is 275 cm³/mol. The van der Waals surface area contributed by atoms with Gasteiger partial charge in [-0.25, -0.2) is 4.79 Å². The fourth-order valence-corrected chi connectivity index (χ4v) is 7.92. The molecule has 4 heterocycles. The fourth-order valence-electron chi connectivity index (χ4n) is 7.58. The number of rotatable bonds is 11. The minimum Gasteiger partial charge on any atom is -0.478 e. The lowest BCUT2D eigenvalue weighted by molar-refractivity contribution is -0.111. The Hall–Kier alpha value is -8.30. The van der Waals surface area contributed by atoms with Crippen molar-refractivity contribution >= 4 is 81.6 Å². The Morgan fingerprint density at radius 1 is 0.577 bits per heavy atom. The minimum atomic E-state index is -1.00. The lowest BCUT2D eigenvalue weighted by Crippen LogP contribution is -2.28. The Labute approximate surface area is 417 Å². The van der Waals surface area contributed by atoms with Crippen LogP contribution in [0.15, 0.2) is 179 Å². The van der Waals surface area contributed by atoms with Crippen molar-refractivity contribution in [1.29, 1.82) is 0 Å². The van der Waals surface area contributed by atoms with Gasteiger partial charge in [-0.15, -0.1) is 0 Å². The summed E-state index contributed by atoms with van der Waals surface area (Å²) in [5.41, 5.74) is 12.6. The van der Waals surface area contributed by atoms with Crippen molar-refractivity contribution in [2.45, 2.75) is 12.2 Å². The van der Waals surface area contributed by atoms with Gasteiger partial charge in [0.25, 0.3) is 17.7 Å². The van der Waals surface area contributed by atoms with Crippen molar-refractivity contribution in [3.05, 3.63) is 225 Å². The van der Waals surface area contributed by atoms with Crippen molar-refractivity contribution in [3.63, 3.8) is 0 Å². The highest BCUT2D eigenvalue weighted by atomic mass is 35.5. The molecule has 13 nitrogen and oxygen atoms in total. The number of anilines is 2. The van der Waals surface area contributed by atoms with Crippen LogP contribution in [0.5, 0.6) is 0 Å². The van der Waals surface area contributed by atoms with Gasteiger partial charge in [0.2, 0.25) is 0 Å². The largest absolute Gasteiger partial charge is 0.478 e. The van der Waals surface area contributed by atoms with Crippen LogP contribution in [0.2, 0.25) is 10.0 Å². The first-order valence-electron chi connectivity index (χ1n) is 22.1. The number of fused-ring (bicyclic) bond motifs is 2. The number of nitrogens with one attached hydrogen (secondary N) is 3. The highest BCUT2D eigenvalue weighted by molar-refractivity contribution is 6.37. The lowest BCUT2D eigenvalue weighted by atomic mass is 10.1. The summed E-state index contributed by atoms with van der Waals surface area (Å²) in [7, 11) is 0. The molecule has 0 spiro atoms. The zero-order chi connectivity index (χ0) is 50.0. The van der Waals surface area contributed by atoms with E-state index in [2.05, 4.69) is 16.0 Å². The predicted octanol–water partition coefficient (Wildman–Crippen LogP) is 11.0. The summed E-state index contributed by atoms with van der Waals surface area (Å²) in [6.45, 7) is 0.378. The van der Waals surface area contributed by atoms with Crippen LogP contribution in [-0.4, -0.2) is 52.1 Å². The Morgan fingerprint density at radius 2 is 1.04 bits per heavy atom. The van der Waals surface area contributed by atoms with Gasteiger partial charge < -0.3 is 45.8 Å². The average molecular weight is 988 g/mol. The van der Waals surface area contributed by atoms with Crippen molar-refractivity contribution in [2.75, 3.05) is 23.7 Å². The quantitative estimate of drug-likeness (QED) is 0.0608. The second kappa shape index (κ2) is 22.4. The molecule has 356 valence electrons. The topological polar surface area (TPSA) is 217 Å². The summed E-state index contributed by atoms with van der Waals surface area (Å²) in [4.78, 5) is 48.4. The average Bonchev–Trinajstić information content (AvgIpc) is 4.20. The summed E-state index contributed by atoms with van der Waals surface area (Å²) < 4.78 is 11.7. The molecule has 2 atom stereocenters. The van der Waals surface area contributed by atoms with E-state index < -0.39 is 18.2 Å². The smallest absolute Gasteiger partial charge is 0.335 e. The van der Waals surface area contributed by atoms with Crippen LogP contribution in [0.3, 0.4) is 0 Å². The maximum Gasteiger partial charge on any atom is 0.335 e. The van der Waals surface area contributed by atoms with Gasteiger partial charge in [-0.05, 0) is 108 Å². The second-order valence-corrected chi connectivity index (χ2v) is 16.9. The molecular weight excluding hydrogens is 944 g/mol. The third kappa shape index (κ3) is 12.1. The van der Waals surface area contributed by atoms with E-state index in [9.17, 15) is 29.4 Å². The van der Waals surface area contributed by atoms with Crippen molar-refractivity contribution in [3.8, 4) is 22.6 Å². The first-order chi connectivity index (χ1) is 34.3. The number of hydrogen-bond acceptors (Lipinski definition) is 9.